The van der Waals surface area contributed by atoms with E-state index in [9.17, 15) is 4.79 Å². The molecule has 6 heteroatoms. The van der Waals surface area contributed by atoms with E-state index in [0.717, 1.165) is 11.1 Å². The summed E-state index contributed by atoms with van der Waals surface area (Å²) in [4.78, 5) is 14.4. The van der Waals surface area contributed by atoms with Crippen molar-refractivity contribution in [1.29, 1.82) is 0 Å². The molecule has 0 saturated carbocycles. The number of carboxylic acids is 1. The monoisotopic (exact) mass is 252 g/mol. The molecule has 0 bridgehead atoms. The van der Waals surface area contributed by atoms with Gasteiger partial charge in [0.2, 0.25) is 0 Å². The number of carbonyl (C=O) groups is 1. The number of nitrogens with two attached hydrogens (primary N) is 1. The van der Waals surface area contributed by atoms with Gasteiger partial charge in [-0.2, -0.15) is 0 Å². The van der Waals surface area contributed by atoms with Crippen LogP contribution in [0.4, 0.5) is 0 Å². The molecule has 0 radical (unpaired) electrons. The van der Waals surface area contributed by atoms with E-state index in [1.807, 2.05) is 13.0 Å². The molecule has 0 aliphatic rings. The molecule has 3 N–H and O–H groups in total. The van der Waals surface area contributed by atoms with Crippen LogP contribution in [-0.2, 0) is 11.2 Å². The Hall–Kier alpha value is -0.840. The van der Waals surface area contributed by atoms with Gasteiger partial charge in [0.15, 0.2) is 0 Å². The Bertz CT molecular complexity index is 321. The van der Waals surface area contributed by atoms with E-state index in [1.165, 1.54) is 0 Å². The molecular formula is C9H14Cl2N2O2. The van der Waals surface area contributed by atoms with Gasteiger partial charge >= 0.3 is 5.97 Å². The fourth-order valence-corrected chi connectivity index (χ4v) is 1.07. The Kier molecular flexibility index (Phi) is 8.24. The van der Waals surface area contributed by atoms with E-state index in [1.54, 1.807) is 12.4 Å². The van der Waals surface area contributed by atoms with Gasteiger partial charge in [-0.05, 0) is 24.5 Å². The van der Waals surface area contributed by atoms with E-state index < -0.39 is 12.0 Å². The van der Waals surface area contributed by atoms with Crippen LogP contribution in [0.25, 0.3) is 0 Å². The third-order valence-corrected chi connectivity index (χ3v) is 1.70. The lowest BCUT2D eigenvalue weighted by molar-refractivity contribution is -0.138. The Balaban J connectivity index is 0. The Morgan fingerprint density at radius 3 is 2.60 bits per heavy atom. The molecule has 4 nitrogen and oxygen atoms in total. The van der Waals surface area contributed by atoms with E-state index in [4.69, 9.17) is 10.8 Å². The standard InChI is InChI=1S/C9H12N2O2.2ClH/c1-6-2-7(5-11-4-6)3-8(10)9(12)13;;/h2,4-5,8H,3,10H2,1H3,(H,12,13);2*1H. The molecule has 0 fully saturated rings. The van der Waals surface area contributed by atoms with Crippen molar-refractivity contribution in [2.45, 2.75) is 19.4 Å². The van der Waals surface area contributed by atoms with Gasteiger partial charge in [-0.1, -0.05) is 6.07 Å². The molecule has 0 amide bonds. The highest BCUT2D eigenvalue weighted by Crippen LogP contribution is 2.03. The highest BCUT2D eigenvalue weighted by Gasteiger charge is 2.11. The molecule has 1 heterocycles. The van der Waals surface area contributed by atoms with Crippen LogP contribution in [0, 0.1) is 6.92 Å². The summed E-state index contributed by atoms with van der Waals surface area (Å²) in [7, 11) is 0. The van der Waals surface area contributed by atoms with Gasteiger partial charge < -0.3 is 10.8 Å². The van der Waals surface area contributed by atoms with E-state index in [0.29, 0.717) is 6.42 Å². The SMILES string of the molecule is Cc1cncc(CC(N)C(=O)O)c1.Cl.Cl. The van der Waals surface area contributed by atoms with Crippen LogP contribution in [-0.4, -0.2) is 22.1 Å². The second-order valence-electron chi connectivity index (χ2n) is 3.02. The molecule has 0 aliphatic heterocycles. The smallest absolute Gasteiger partial charge is 0.320 e. The van der Waals surface area contributed by atoms with Gasteiger partial charge in [-0.25, -0.2) is 0 Å². The van der Waals surface area contributed by atoms with Crippen molar-refractivity contribution in [2.75, 3.05) is 0 Å². The first-order chi connectivity index (χ1) is 6.09. The Morgan fingerprint density at radius 2 is 2.13 bits per heavy atom. The number of hydrogen-bond acceptors (Lipinski definition) is 3. The largest absolute Gasteiger partial charge is 0.480 e. The van der Waals surface area contributed by atoms with Crippen molar-refractivity contribution < 1.29 is 9.90 Å². The average Bonchev–Trinajstić information content (AvgIpc) is 2.04. The van der Waals surface area contributed by atoms with Crippen LogP contribution in [0.15, 0.2) is 18.5 Å². The third kappa shape index (κ3) is 5.57. The molecule has 0 aromatic carbocycles. The second kappa shape index (κ2) is 7.45. The maximum absolute atomic E-state index is 10.4. The van der Waals surface area contributed by atoms with Gasteiger partial charge in [0, 0.05) is 12.4 Å². The van der Waals surface area contributed by atoms with Crippen LogP contribution in [0.5, 0.6) is 0 Å². The van der Waals surface area contributed by atoms with Crippen LogP contribution in [0.1, 0.15) is 11.1 Å². The molecule has 15 heavy (non-hydrogen) atoms. The summed E-state index contributed by atoms with van der Waals surface area (Å²) in [5, 5.41) is 8.57. The zero-order chi connectivity index (χ0) is 9.84. The Morgan fingerprint density at radius 1 is 1.53 bits per heavy atom. The van der Waals surface area contributed by atoms with Crippen molar-refractivity contribution >= 4 is 30.8 Å². The highest BCUT2D eigenvalue weighted by molar-refractivity contribution is 5.85. The van der Waals surface area contributed by atoms with Gasteiger partial charge in [-0.3, -0.25) is 9.78 Å². The third-order valence-electron chi connectivity index (χ3n) is 1.70. The summed E-state index contributed by atoms with van der Waals surface area (Å²) < 4.78 is 0. The first kappa shape index (κ1) is 16.6. The molecular weight excluding hydrogens is 239 g/mol. The van der Waals surface area contributed by atoms with Crippen molar-refractivity contribution in [3.63, 3.8) is 0 Å². The lowest BCUT2D eigenvalue weighted by atomic mass is 10.1. The number of rotatable bonds is 3. The Labute approximate surface area is 101 Å². The normalized spacial score (nSPS) is 10.8. The number of pyridine rings is 1. The van der Waals surface area contributed by atoms with Gasteiger partial charge in [-0.15, -0.1) is 24.8 Å². The summed E-state index contributed by atoms with van der Waals surface area (Å²) in [6.45, 7) is 1.91. The second-order valence-corrected chi connectivity index (χ2v) is 3.02. The van der Waals surface area contributed by atoms with Crippen LogP contribution < -0.4 is 5.73 Å². The number of carboxylic acid groups (broad SMARTS) is 1. The van der Waals surface area contributed by atoms with E-state index in [2.05, 4.69) is 4.98 Å². The van der Waals surface area contributed by atoms with Crippen LogP contribution in [0.2, 0.25) is 0 Å². The van der Waals surface area contributed by atoms with Crippen LogP contribution in [0.3, 0.4) is 0 Å². The fourth-order valence-electron chi connectivity index (χ4n) is 1.07. The van der Waals surface area contributed by atoms with Gasteiger partial charge in [0.1, 0.15) is 6.04 Å². The molecule has 1 unspecified atom stereocenters. The lowest BCUT2D eigenvalue weighted by Gasteiger charge is -2.05. The maximum atomic E-state index is 10.4. The summed E-state index contributed by atoms with van der Waals surface area (Å²) in [5.41, 5.74) is 7.24. The molecule has 1 aromatic heterocycles. The summed E-state index contributed by atoms with van der Waals surface area (Å²) in [6, 6.07) is 1.04. The van der Waals surface area contributed by atoms with E-state index in [-0.39, 0.29) is 24.8 Å². The minimum Gasteiger partial charge on any atom is -0.480 e. The zero-order valence-electron chi connectivity index (χ0n) is 8.21. The number of hydrogen-bond donors (Lipinski definition) is 2. The number of halogens is 2. The average molecular weight is 253 g/mol. The molecule has 0 saturated heterocycles. The van der Waals surface area contributed by atoms with Crippen molar-refractivity contribution in [3.05, 3.63) is 29.6 Å². The molecule has 1 aromatic rings. The topological polar surface area (TPSA) is 76.2 Å². The predicted octanol–water partition coefficient (Wildman–Crippen LogP) is 1.19. The first-order valence-electron chi connectivity index (χ1n) is 3.98. The number of aryl methyl sites for hydroxylation is 1. The minimum atomic E-state index is -0.985. The molecule has 1 rings (SSSR count). The number of aliphatic carboxylic acids is 1. The summed E-state index contributed by atoms with van der Waals surface area (Å²) in [6.07, 6.45) is 3.68. The number of nitrogens with zero attached hydrogens (tertiary/aromatic N) is 1. The van der Waals surface area contributed by atoms with Crippen molar-refractivity contribution in [2.24, 2.45) is 5.73 Å². The van der Waals surface area contributed by atoms with Gasteiger partial charge in [0.25, 0.3) is 0 Å². The molecule has 0 spiro atoms. The number of aromatic nitrogens is 1. The minimum absolute atomic E-state index is 0. The maximum Gasteiger partial charge on any atom is 0.320 e. The fraction of sp³-hybridized carbons (Fsp3) is 0.333. The quantitative estimate of drug-likeness (QED) is 0.848. The highest BCUT2D eigenvalue weighted by atomic mass is 35.5. The summed E-state index contributed by atoms with van der Waals surface area (Å²) >= 11 is 0. The molecule has 0 aliphatic carbocycles. The first-order valence-corrected chi connectivity index (χ1v) is 3.98. The molecule has 1 atom stereocenters. The van der Waals surface area contributed by atoms with Crippen molar-refractivity contribution in [3.8, 4) is 0 Å². The molecule has 86 valence electrons. The summed E-state index contributed by atoms with van der Waals surface area (Å²) in [5.74, 6) is -0.985. The lowest BCUT2D eigenvalue weighted by Crippen LogP contribution is -2.32. The predicted molar refractivity (Wildman–Crippen MR) is 62.8 cm³/mol. The van der Waals surface area contributed by atoms with E-state index >= 15 is 0 Å². The van der Waals surface area contributed by atoms with Crippen molar-refractivity contribution in [1.82, 2.24) is 4.98 Å². The zero-order valence-corrected chi connectivity index (χ0v) is 9.85. The van der Waals surface area contributed by atoms with Crippen LogP contribution >= 0.6 is 24.8 Å². The van der Waals surface area contributed by atoms with Gasteiger partial charge in [0.05, 0.1) is 0 Å².